The van der Waals surface area contributed by atoms with Crippen molar-refractivity contribution in [3.63, 3.8) is 0 Å². The van der Waals surface area contributed by atoms with E-state index in [0.29, 0.717) is 5.56 Å². The minimum Gasteiger partial charge on any atom is -0.289 e. The van der Waals surface area contributed by atoms with Gasteiger partial charge in [-0.05, 0) is 24.5 Å². The number of carbonyl (C=O) groups excluding carboxylic acids is 1. The van der Waals surface area contributed by atoms with E-state index in [0.717, 1.165) is 4.90 Å². The van der Waals surface area contributed by atoms with Crippen molar-refractivity contribution in [2.24, 2.45) is 0 Å². The fraction of sp³-hybridized carbons (Fsp3) is 0.100. The van der Waals surface area contributed by atoms with Crippen LogP contribution in [0.5, 0.6) is 0 Å². The van der Waals surface area contributed by atoms with Crippen molar-refractivity contribution in [2.75, 3.05) is 6.26 Å². The molecule has 0 fully saturated rings. The predicted octanol–water partition coefficient (Wildman–Crippen LogP) is 2.78. The third-order valence-electron chi connectivity index (χ3n) is 1.54. The third kappa shape index (κ3) is 1.98. The molecule has 0 aromatic heterocycles. The van der Waals surface area contributed by atoms with Crippen LogP contribution in [0.15, 0.2) is 41.8 Å². The average Bonchev–Trinajstić information content (AvgIpc) is 2.17. The summed E-state index contributed by atoms with van der Waals surface area (Å²) in [7, 11) is 0. The van der Waals surface area contributed by atoms with Crippen LogP contribution in [-0.4, -0.2) is 12.0 Å². The van der Waals surface area contributed by atoms with E-state index < -0.39 is 0 Å². The Labute approximate surface area is 76.5 Å². The van der Waals surface area contributed by atoms with Gasteiger partial charge in [0.15, 0.2) is 5.78 Å². The van der Waals surface area contributed by atoms with Crippen LogP contribution in [0.2, 0.25) is 0 Å². The van der Waals surface area contributed by atoms with Gasteiger partial charge in [-0.15, -0.1) is 11.8 Å². The minimum absolute atomic E-state index is 0.0223. The van der Waals surface area contributed by atoms with Gasteiger partial charge in [0, 0.05) is 10.5 Å². The van der Waals surface area contributed by atoms with E-state index in [1.165, 1.54) is 6.08 Å². The Hall–Kier alpha value is -1.02. The Balaban J connectivity index is 3.01. The Morgan fingerprint density at radius 1 is 1.58 bits per heavy atom. The zero-order valence-electron chi connectivity index (χ0n) is 6.91. The zero-order valence-corrected chi connectivity index (χ0v) is 7.73. The van der Waals surface area contributed by atoms with Crippen LogP contribution in [0.1, 0.15) is 10.4 Å². The van der Waals surface area contributed by atoms with Gasteiger partial charge in [0.2, 0.25) is 0 Å². The fourth-order valence-electron chi connectivity index (χ4n) is 0.894. The van der Waals surface area contributed by atoms with Crippen molar-refractivity contribution in [1.29, 1.82) is 0 Å². The topological polar surface area (TPSA) is 17.1 Å². The Bertz CT molecular complexity index is 304. The fourth-order valence-corrected chi connectivity index (χ4v) is 1.35. The number of carbonyl (C=O) groups is 1. The first-order valence-electron chi connectivity index (χ1n) is 3.58. The summed E-state index contributed by atoms with van der Waals surface area (Å²) >= 11 is 1.62. The van der Waals surface area contributed by atoms with Gasteiger partial charge in [0.1, 0.15) is 0 Å². The summed E-state index contributed by atoms with van der Waals surface area (Å²) in [6.07, 6.45) is 3.32. The lowest BCUT2D eigenvalue weighted by atomic mass is 10.1. The summed E-state index contributed by atoms with van der Waals surface area (Å²) in [4.78, 5) is 12.3. The number of benzene rings is 1. The van der Waals surface area contributed by atoms with E-state index in [9.17, 15) is 4.79 Å². The van der Waals surface area contributed by atoms with E-state index in [4.69, 9.17) is 0 Å². The summed E-state index contributed by atoms with van der Waals surface area (Å²) in [5.41, 5.74) is 0.705. The number of hydrogen-bond donors (Lipinski definition) is 0. The van der Waals surface area contributed by atoms with Crippen molar-refractivity contribution in [2.45, 2.75) is 4.90 Å². The van der Waals surface area contributed by atoms with E-state index in [1.807, 2.05) is 24.5 Å². The molecule has 0 heterocycles. The molecule has 0 spiro atoms. The molecule has 1 nitrogen and oxygen atoms in total. The molecule has 1 aromatic carbocycles. The second-order valence-corrected chi connectivity index (χ2v) is 3.18. The standard InChI is InChI=1S/C10H10OS/c1-3-10(11)8-5-4-6-9(7-8)12-2/h3-7H,1H2,2H3. The summed E-state index contributed by atoms with van der Waals surface area (Å²) in [6.45, 7) is 3.44. The highest BCUT2D eigenvalue weighted by atomic mass is 32.2. The molecule has 0 bridgehead atoms. The molecule has 0 saturated carbocycles. The number of ketones is 1. The Morgan fingerprint density at radius 3 is 2.92 bits per heavy atom. The molecule has 1 aromatic rings. The van der Waals surface area contributed by atoms with Crippen LogP contribution < -0.4 is 0 Å². The van der Waals surface area contributed by atoms with Crippen molar-refractivity contribution in [1.82, 2.24) is 0 Å². The van der Waals surface area contributed by atoms with Crippen LogP contribution in [-0.2, 0) is 0 Å². The molecule has 62 valence electrons. The van der Waals surface area contributed by atoms with Crippen LogP contribution in [0.4, 0.5) is 0 Å². The number of rotatable bonds is 3. The van der Waals surface area contributed by atoms with Gasteiger partial charge in [-0.3, -0.25) is 4.79 Å². The van der Waals surface area contributed by atoms with E-state index in [2.05, 4.69) is 6.58 Å². The number of thioether (sulfide) groups is 1. The van der Waals surface area contributed by atoms with Crippen LogP contribution in [0, 0.1) is 0 Å². The molecule has 2 heteroatoms. The van der Waals surface area contributed by atoms with Crippen molar-refractivity contribution in [3.8, 4) is 0 Å². The molecular weight excluding hydrogens is 168 g/mol. The average molecular weight is 178 g/mol. The van der Waals surface area contributed by atoms with Crippen molar-refractivity contribution in [3.05, 3.63) is 42.5 Å². The maximum Gasteiger partial charge on any atom is 0.185 e. The molecule has 1 rings (SSSR count). The first-order chi connectivity index (χ1) is 5.77. The van der Waals surface area contributed by atoms with Crippen molar-refractivity contribution < 1.29 is 4.79 Å². The summed E-state index contributed by atoms with van der Waals surface area (Å²) in [5.74, 6) is -0.0223. The predicted molar refractivity (Wildman–Crippen MR) is 52.8 cm³/mol. The minimum atomic E-state index is -0.0223. The number of allylic oxidation sites excluding steroid dienone is 1. The smallest absolute Gasteiger partial charge is 0.185 e. The Kier molecular flexibility index (Phi) is 3.11. The normalized spacial score (nSPS) is 9.42. The van der Waals surface area contributed by atoms with Crippen LogP contribution >= 0.6 is 11.8 Å². The number of hydrogen-bond acceptors (Lipinski definition) is 2. The molecule has 0 N–H and O–H groups in total. The molecule has 0 aliphatic carbocycles. The highest BCUT2D eigenvalue weighted by Gasteiger charge is 2.00. The largest absolute Gasteiger partial charge is 0.289 e. The molecular formula is C10H10OS. The highest BCUT2D eigenvalue weighted by molar-refractivity contribution is 7.98. The molecule has 0 unspecified atom stereocenters. The van der Waals surface area contributed by atoms with Gasteiger partial charge < -0.3 is 0 Å². The third-order valence-corrected chi connectivity index (χ3v) is 2.26. The molecule has 0 radical (unpaired) electrons. The lowest BCUT2D eigenvalue weighted by molar-refractivity contribution is 0.104. The van der Waals surface area contributed by atoms with Gasteiger partial charge in [-0.2, -0.15) is 0 Å². The lowest BCUT2D eigenvalue weighted by Crippen LogP contribution is -1.92. The van der Waals surface area contributed by atoms with Gasteiger partial charge in [-0.25, -0.2) is 0 Å². The second-order valence-electron chi connectivity index (χ2n) is 2.30. The molecule has 0 atom stereocenters. The Morgan fingerprint density at radius 2 is 2.33 bits per heavy atom. The zero-order chi connectivity index (χ0) is 8.97. The van der Waals surface area contributed by atoms with Gasteiger partial charge in [0.05, 0.1) is 0 Å². The first kappa shape index (κ1) is 9.07. The summed E-state index contributed by atoms with van der Waals surface area (Å²) in [6, 6.07) is 7.52. The van der Waals surface area contributed by atoms with E-state index in [1.54, 1.807) is 17.8 Å². The second kappa shape index (κ2) is 4.12. The summed E-state index contributed by atoms with van der Waals surface area (Å²) in [5, 5.41) is 0. The maximum absolute atomic E-state index is 11.2. The van der Waals surface area contributed by atoms with Crippen molar-refractivity contribution >= 4 is 17.5 Å². The quantitative estimate of drug-likeness (QED) is 0.402. The molecule has 0 saturated heterocycles. The lowest BCUT2D eigenvalue weighted by Gasteiger charge is -1.98. The van der Waals surface area contributed by atoms with Gasteiger partial charge >= 0.3 is 0 Å². The van der Waals surface area contributed by atoms with E-state index in [-0.39, 0.29) is 5.78 Å². The van der Waals surface area contributed by atoms with Crippen LogP contribution in [0.3, 0.4) is 0 Å². The maximum atomic E-state index is 11.2. The highest BCUT2D eigenvalue weighted by Crippen LogP contribution is 2.16. The van der Waals surface area contributed by atoms with E-state index >= 15 is 0 Å². The summed E-state index contributed by atoms with van der Waals surface area (Å²) < 4.78 is 0. The van der Waals surface area contributed by atoms with Crippen LogP contribution in [0.25, 0.3) is 0 Å². The SMILES string of the molecule is C=CC(=O)c1cccc(SC)c1. The molecule has 12 heavy (non-hydrogen) atoms. The molecule has 0 amide bonds. The first-order valence-corrected chi connectivity index (χ1v) is 4.81. The van der Waals surface area contributed by atoms with Gasteiger partial charge in [-0.1, -0.05) is 18.7 Å². The molecule has 0 aliphatic rings. The molecule has 0 aliphatic heterocycles. The monoisotopic (exact) mass is 178 g/mol. The van der Waals surface area contributed by atoms with Gasteiger partial charge in [0.25, 0.3) is 0 Å².